The van der Waals surface area contributed by atoms with Gasteiger partial charge in [-0.25, -0.2) is 0 Å². The van der Waals surface area contributed by atoms with Crippen LogP contribution in [0.15, 0.2) is 23.1 Å². The Hall–Kier alpha value is -1.11. The second-order valence-electron chi connectivity index (χ2n) is 2.51. The van der Waals surface area contributed by atoms with Gasteiger partial charge >= 0.3 is 0 Å². The average Bonchev–Trinajstić information content (AvgIpc) is 2.01. The molecule has 5 nitrogen and oxygen atoms in total. The number of rotatable bonds is 2. The zero-order valence-electron chi connectivity index (χ0n) is 6.77. The third-order valence-corrected chi connectivity index (χ3v) is 2.50. The molecule has 0 atom stereocenters. The molecule has 0 heterocycles. The summed E-state index contributed by atoms with van der Waals surface area (Å²) in [6.07, 6.45) is 0. The lowest BCUT2D eigenvalue weighted by atomic mass is 10.2. The zero-order valence-corrected chi connectivity index (χ0v) is 8.34. The maximum absolute atomic E-state index is 10.7. The largest absolute Gasteiger partial charge is 0.366 e. The molecule has 76 valence electrons. The molecular formula is C7H6ClNO4S. The summed E-state index contributed by atoms with van der Waals surface area (Å²) in [5.41, 5.74) is 4.84. The minimum atomic E-state index is -4.37. The maximum Gasteiger partial charge on any atom is 0.294 e. The van der Waals surface area contributed by atoms with Crippen LogP contribution in [-0.2, 0) is 10.1 Å². The Balaban J connectivity index is 3.43. The molecule has 0 aliphatic rings. The van der Waals surface area contributed by atoms with Gasteiger partial charge in [0.1, 0.15) is 0 Å². The van der Waals surface area contributed by atoms with Gasteiger partial charge in [-0.1, -0.05) is 11.6 Å². The first-order valence-corrected chi connectivity index (χ1v) is 5.20. The molecule has 0 aliphatic heterocycles. The average molecular weight is 236 g/mol. The Morgan fingerprint density at radius 3 is 2.36 bits per heavy atom. The van der Waals surface area contributed by atoms with Crippen molar-refractivity contribution in [2.24, 2.45) is 5.73 Å². The van der Waals surface area contributed by atoms with Crippen LogP contribution in [0.25, 0.3) is 0 Å². The van der Waals surface area contributed by atoms with Crippen molar-refractivity contribution in [3.05, 3.63) is 28.8 Å². The molecule has 0 saturated heterocycles. The molecule has 0 unspecified atom stereocenters. The fourth-order valence-electron chi connectivity index (χ4n) is 0.854. The number of benzene rings is 1. The van der Waals surface area contributed by atoms with Gasteiger partial charge in [-0.15, -0.1) is 0 Å². The minimum Gasteiger partial charge on any atom is -0.366 e. The fraction of sp³-hybridized carbons (Fsp3) is 0. The predicted molar refractivity (Wildman–Crippen MR) is 49.8 cm³/mol. The lowest BCUT2D eigenvalue weighted by molar-refractivity contribution is 0.1000. The quantitative estimate of drug-likeness (QED) is 0.737. The van der Waals surface area contributed by atoms with Crippen LogP contribution in [0.4, 0.5) is 0 Å². The van der Waals surface area contributed by atoms with Gasteiger partial charge < -0.3 is 5.73 Å². The van der Waals surface area contributed by atoms with E-state index in [1.165, 1.54) is 6.07 Å². The Morgan fingerprint density at radius 1 is 1.36 bits per heavy atom. The monoisotopic (exact) mass is 235 g/mol. The highest BCUT2D eigenvalue weighted by atomic mass is 35.5. The van der Waals surface area contributed by atoms with Crippen LogP contribution in [0.1, 0.15) is 10.4 Å². The van der Waals surface area contributed by atoms with Gasteiger partial charge in [0.05, 0.1) is 4.90 Å². The van der Waals surface area contributed by atoms with Gasteiger partial charge in [-0.05, 0) is 18.2 Å². The number of amides is 1. The Kier molecular flexibility index (Phi) is 2.79. The van der Waals surface area contributed by atoms with Gasteiger partial charge in [-0.3, -0.25) is 9.35 Å². The summed E-state index contributed by atoms with van der Waals surface area (Å²) in [6.45, 7) is 0. The molecule has 1 aromatic rings. The topological polar surface area (TPSA) is 97.5 Å². The molecule has 7 heteroatoms. The van der Waals surface area contributed by atoms with Crippen molar-refractivity contribution in [3.8, 4) is 0 Å². The summed E-state index contributed by atoms with van der Waals surface area (Å²) in [5, 5.41) is 0.00826. The highest BCUT2D eigenvalue weighted by Crippen LogP contribution is 2.18. The number of nitrogens with two attached hydrogens (primary N) is 1. The molecule has 0 aromatic heterocycles. The number of carbonyl (C=O) groups excluding carboxylic acids is 1. The molecule has 1 aromatic carbocycles. The number of hydrogen-bond acceptors (Lipinski definition) is 3. The van der Waals surface area contributed by atoms with E-state index in [1.54, 1.807) is 0 Å². The number of hydrogen-bond donors (Lipinski definition) is 2. The maximum atomic E-state index is 10.7. The molecule has 0 radical (unpaired) electrons. The van der Waals surface area contributed by atoms with Gasteiger partial charge in [0.25, 0.3) is 10.1 Å². The number of primary amides is 1. The number of halogens is 1. The third kappa shape index (κ3) is 2.44. The molecule has 1 rings (SSSR count). The summed E-state index contributed by atoms with van der Waals surface area (Å²) in [6, 6.07) is 3.17. The second-order valence-corrected chi connectivity index (χ2v) is 4.37. The van der Waals surface area contributed by atoms with E-state index >= 15 is 0 Å². The zero-order chi connectivity index (χ0) is 10.9. The minimum absolute atomic E-state index is 0.00826. The predicted octanol–water partition coefficient (Wildman–Crippen LogP) is 0.686. The van der Waals surface area contributed by atoms with Gasteiger partial charge in [0.2, 0.25) is 5.91 Å². The smallest absolute Gasteiger partial charge is 0.294 e. The van der Waals surface area contributed by atoms with E-state index in [0.29, 0.717) is 0 Å². The molecule has 0 fully saturated rings. The standard InChI is InChI=1S/C7H6ClNO4S/c8-5-1-4(7(9)10)2-6(3-5)14(11,12)13/h1-3H,(H2,9,10)(H,11,12,13). The fourth-order valence-corrected chi connectivity index (χ4v) is 1.71. The summed E-state index contributed by atoms with van der Waals surface area (Å²) in [5.74, 6) is -0.822. The van der Waals surface area contributed by atoms with Gasteiger partial charge in [0.15, 0.2) is 0 Å². The molecule has 1 amide bonds. The highest BCUT2D eigenvalue weighted by Gasteiger charge is 2.13. The van der Waals surface area contributed by atoms with Crippen molar-refractivity contribution in [1.29, 1.82) is 0 Å². The van der Waals surface area contributed by atoms with E-state index in [1.807, 2.05) is 0 Å². The summed E-state index contributed by atoms with van der Waals surface area (Å²) >= 11 is 5.52. The molecule has 0 saturated carbocycles. The first-order valence-electron chi connectivity index (χ1n) is 3.38. The molecule has 3 N–H and O–H groups in total. The third-order valence-electron chi connectivity index (χ3n) is 1.45. The SMILES string of the molecule is NC(=O)c1cc(Cl)cc(S(=O)(=O)O)c1. The van der Waals surface area contributed by atoms with E-state index in [9.17, 15) is 13.2 Å². The van der Waals surface area contributed by atoms with Crippen LogP contribution in [0.3, 0.4) is 0 Å². The Morgan fingerprint density at radius 2 is 1.93 bits per heavy atom. The van der Waals surface area contributed by atoms with Crippen molar-refractivity contribution in [3.63, 3.8) is 0 Å². The van der Waals surface area contributed by atoms with Crippen molar-refractivity contribution < 1.29 is 17.8 Å². The van der Waals surface area contributed by atoms with Crippen LogP contribution in [0.2, 0.25) is 5.02 Å². The summed E-state index contributed by atoms with van der Waals surface area (Å²) in [4.78, 5) is 10.3. The van der Waals surface area contributed by atoms with E-state index in [2.05, 4.69) is 0 Å². The van der Waals surface area contributed by atoms with Gasteiger partial charge in [-0.2, -0.15) is 8.42 Å². The van der Waals surface area contributed by atoms with E-state index in [0.717, 1.165) is 12.1 Å². The Labute approximate surface area is 85.2 Å². The second kappa shape index (κ2) is 3.56. The highest BCUT2D eigenvalue weighted by molar-refractivity contribution is 7.85. The van der Waals surface area contributed by atoms with Crippen LogP contribution < -0.4 is 5.73 Å². The van der Waals surface area contributed by atoms with E-state index < -0.39 is 20.9 Å². The molecule has 0 bridgehead atoms. The Bertz CT molecular complexity index is 482. The van der Waals surface area contributed by atoms with Crippen molar-refractivity contribution in [2.45, 2.75) is 4.90 Å². The van der Waals surface area contributed by atoms with Crippen LogP contribution in [0, 0.1) is 0 Å². The molecule has 0 spiro atoms. The van der Waals surface area contributed by atoms with Crippen molar-refractivity contribution in [1.82, 2.24) is 0 Å². The van der Waals surface area contributed by atoms with Crippen LogP contribution in [-0.4, -0.2) is 18.9 Å². The normalized spacial score (nSPS) is 11.3. The first-order chi connectivity index (χ1) is 6.30. The summed E-state index contributed by atoms with van der Waals surface area (Å²) in [7, 11) is -4.37. The van der Waals surface area contributed by atoms with Crippen molar-refractivity contribution >= 4 is 27.6 Å². The van der Waals surface area contributed by atoms with E-state index in [-0.39, 0.29) is 10.6 Å². The molecular weight excluding hydrogens is 230 g/mol. The van der Waals surface area contributed by atoms with Crippen LogP contribution >= 0.6 is 11.6 Å². The lowest BCUT2D eigenvalue weighted by Gasteiger charge is -2.00. The van der Waals surface area contributed by atoms with Crippen LogP contribution in [0.5, 0.6) is 0 Å². The van der Waals surface area contributed by atoms with Gasteiger partial charge in [0, 0.05) is 10.6 Å². The van der Waals surface area contributed by atoms with E-state index in [4.69, 9.17) is 21.9 Å². The lowest BCUT2D eigenvalue weighted by Crippen LogP contribution is -2.12. The number of carbonyl (C=O) groups is 1. The van der Waals surface area contributed by atoms with Crippen molar-refractivity contribution in [2.75, 3.05) is 0 Å². The summed E-state index contributed by atoms with van der Waals surface area (Å²) < 4.78 is 30.1. The molecule has 14 heavy (non-hydrogen) atoms. The molecule has 0 aliphatic carbocycles. The first kappa shape index (κ1) is 11.0.